The van der Waals surface area contributed by atoms with Crippen molar-refractivity contribution >= 4 is 0 Å². The Morgan fingerprint density at radius 1 is 1.21 bits per heavy atom. The van der Waals surface area contributed by atoms with Crippen LogP contribution < -0.4 is 9.47 Å². The third-order valence-corrected chi connectivity index (χ3v) is 3.07. The molecule has 0 fully saturated rings. The smallest absolute Gasteiger partial charge is 0.161 e. The monoisotopic (exact) mass is 262 g/mol. The molecule has 1 rings (SSSR count). The zero-order valence-electron chi connectivity index (χ0n) is 12.1. The van der Waals surface area contributed by atoms with Crippen molar-refractivity contribution in [1.82, 2.24) is 4.90 Å². The second-order valence-electron chi connectivity index (χ2n) is 4.66. The minimum Gasteiger partial charge on any atom is -0.493 e. The summed E-state index contributed by atoms with van der Waals surface area (Å²) in [6.45, 7) is 5.86. The maximum atomic E-state index is 8.70. The average Bonchev–Trinajstić information content (AvgIpc) is 2.42. The Hall–Kier alpha value is -1.73. The number of nitriles is 1. The van der Waals surface area contributed by atoms with Gasteiger partial charge in [-0.2, -0.15) is 5.26 Å². The van der Waals surface area contributed by atoms with Crippen molar-refractivity contribution in [3.63, 3.8) is 0 Å². The number of hydrogen-bond acceptors (Lipinski definition) is 4. The van der Waals surface area contributed by atoms with Gasteiger partial charge in [0.2, 0.25) is 0 Å². The van der Waals surface area contributed by atoms with Gasteiger partial charge in [-0.1, -0.05) is 6.07 Å². The highest BCUT2D eigenvalue weighted by molar-refractivity contribution is 5.42. The zero-order valence-corrected chi connectivity index (χ0v) is 12.1. The minimum absolute atomic E-state index is 0.404. The van der Waals surface area contributed by atoms with Gasteiger partial charge in [0.25, 0.3) is 0 Å². The number of hydrogen-bond donors (Lipinski definition) is 0. The summed E-state index contributed by atoms with van der Waals surface area (Å²) in [5.41, 5.74) is 1.16. The molecule has 0 unspecified atom stereocenters. The SMILES string of the molecule is COc1ccc(CN(CCC#N)C(C)C)cc1OC. The van der Waals surface area contributed by atoms with Crippen LogP contribution in [0.5, 0.6) is 11.5 Å². The largest absolute Gasteiger partial charge is 0.493 e. The first-order valence-electron chi connectivity index (χ1n) is 6.44. The molecule has 0 radical (unpaired) electrons. The molecular formula is C15H22N2O2. The van der Waals surface area contributed by atoms with Gasteiger partial charge in [-0.05, 0) is 31.5 Å². The van der Waals surface area contributed by atoms with Crippen LogP contribution in [-0.2, 0) is 6.54 Å². The van der Waals surface area contributed by atoms with E-state index in [1.54, 1.807) is 14.2 Å². The number of ether oxygens (including phenoxy) is 2. The predicted octanol–water partition coefficient (Wildman–Crippen LogP) is 2.83. The molecule has 0 spiro atoms. The number of rotatable bonds is 7. The molecule has 0 saturated carbocycles. The zero-order chi connectivity index (χ0) is 14.3. The standard InChI is InChI=1S/C15H22N2O2/c1-12(2)17(9-5-8-16)11-13-6-7-14(18-3)15(10-13)19-4/h6-7,10,12H,5,9,11H2,1-4H3. The van der Waals surface area contributed by atoms with E-state index in [1.165, 1.54) is 0 Å². The molecule has 0 bridgehead atoms. The van der Waals surface area contributed by atoms with Crippen LogP contribution in [0.4, 0.5) is 0 Å². The highest BCUT2D eigenvalue weighted by Crippen LogP contribution is 2.28. The third-order valence-electron chi connectivity index (χ3n) is 3.07. The summed E-state index contributed by atoms with van der Waals surface area (Å²) in [5, 5.41) is 8.70. The fourth-order valence-electron chi connectivity index (χ4n) is 1.93. The van der Waals surface area contributed by atoms with Gasteiger partial charge in [-0.25, -0.2) is 0 Å². The second kappa shape index (κ2) is 7.65. The van der Waals surface area contributed by atoms with E-state index < -0.39 is 0 Å². The Kier molecular flexibility index (Phi) is 6.17. The summed E-state index contributed by atoms with van der Waals surface area (Å²) in [7, 11) is 3.27. The molecule has 4 heteroatoms. The van der Waals surface area contributed by atoms with Crippen molar-refractivity contribution in [3.8, 4) is 17.6 Å². The first-order chi connectivity index (χ1) is 9.12. The van der Waals surface area contributed by atoms with E-state index in [4.69, 9.17) is 14.7 Å². The topological polar surface area (TPSA) is 45.5 Å². The molecule has 0 N–H and O–H groups in total. The van der Waals surface area contributed by atoms with E-state index in [0.717, 1.165) is 30.2 Å². The molecule has 1 aromatic carbocycles. The maximum Gasteiger partial charge on any atom is 0.161 e. The van der Waals surface area contributed by atoms with Crippen molar-refractivity contribution in [3.05, 3.63) is 23.8 Å². The fraction of sp³-hybridized carbons (Fsp3) is 0.533. The van der Waals surface area contributed by atoms with Crippen LogP contribution in [0, 0.1) is 11.3 Å². The van der Waals surface area contributed by atoms with Gasteiger partial charge in [0, 0.05) is 25.6 Å². The maximum absolute atomic E-state index is 8.70. The molecule has 0 heterocycles. The van der Waals surface area contributed by atoms with Crippen LogP contribution >= 0.6 is 0 Å². The van der Waals surface area contributed by atoms with Gasteiger partial charge in [0.15, 0.2) is 11.5 Å². The van der Waals surface area contributed by atoms with Gasteiger partial charge in [0.05, 0.1) is 20.3 Å². The lowest BCUT2D eigenvalue weighted by atomic mass is 10.1. The highest BCUT2D eigenvalue weighted by atomic mass is 16.5. The van der Waals surface area contributed by atoms with E-state index in [0.29, 0.717) is 12.5 Å². The van der Waals surface area contributed by atoms with Crippen LogP contribution in [0.1, 0.15) is 25.8 Å². The van der Waals surface area contributed by atoms with E-state index in [2.05, 4.69) is 24.8 Å². The van der Waals surface area contributed by atoms with Crippen molar-refractivity contribution < 1.29 is 9.47 Å². The van der Waals surface area contributed by atoms with Crippen LogP contribution in [0.25, 0.3) is 0 Å². The van der Waals surface area contributed by atoms with Gasteiger partial charge in [-0.15, -0.1) is 0 Å². The first kappa shape index (κ1) is 15.3. The minimum atomic E-state index is 0.404. The molecule has 19 heavy (non-hydrogen) atoms. The summed E-state index contributed by atoms with van der Waals surface area (Å²) in [6, 6.07) is 8.53. The Bertz CT molecular complexity index is 438. The molecule has 0 amide bonds. The quantitative estimate of drug-likeness (QED) is 0.758. The Labute approximate surface area is 115 Å². The summed E-state index contributed by atoms with van der Waals surface area (Å²) in [4.78, 5) is 2.27. The van der Waals surface area contributed by atoms with Crippen LogP contribution in [0.2, 0.25) is 0 Å². The van der Waals surface area contributed by atoms with Crippen LogP contribution in [-0.4, -0.2) is 31.7 Å². The van der Waals surface area contributed by atoms with E-state index >= 15 is 0 Å². The van der Waals surface area contributed by atoms with E-state index in [1.807, 2.05) is 18.2 Å². The summed E-state index contributed by atoms with van der Waals surface area (Å²) < 4.78 is 10.5. The number of benzene rings is 1. The lowest BCUT2D eigenvalue weighted by Gasteiger charge is -2.25. The molecule has 1 aromatic rings. The summed E-state index contributed by atoms with van der Waals surface area (Å²) in [6.07, 6.45) is 0.547. The van der Waals surface area contributed by atoms with Gasteiger partial charge in [0.1, 0.15) is 0 Å². The lowest BCUT2D eigenvalue weighted by Crippen LogP contribution is -2.31. The van der Waals surface area contributed by atoms with Crippen LogP contribution in [0.3, 0.4) is 0 Å². The van der Waals surface area contributed by atoms with Crippen molar-refractivity contribution in [2.75, 3.05) is 20.8 Å². The van der Waals surface area contributed by atoms with Crippen molar-refractivity contribution in [1.29, 1.82) is 5.26 Å². The number of nitrogens with zero attached hydrogens (tertiary/aromatic N) is 2. The molecule has 0 atom stereocenters. The van der Waals surface area contributed by atoms with Crippen molar-refractivity contribution in [2.24, 2.45) is 0 Å². The predicted molar refractivity (Wildman–Crippen MR) is 75.3 cm³/mol. The highest BCUT2D eigenvalue weighted by Gasteiger charge is 2.11. The fourth-order valence-corrected chi connectivity index (χ4v) is 1.93. The lowest BCUT2D eigenvalue weighted by molar-refractivity contribution is 0.217. The molecule has 104 valence electrons. The third kappa shape index (κ3) is 4.46. The second-order valence-corrected chi connectivity index (χ2v) is 4.66. The normalized spacial score (nSPS) is 10.6. The molecule has 0 aliphatic carbocycles. The summed E-state index contributed by atoms with van der Waals surface area (Å²) in [5.74, 6) is 1.48. The van der Waals surface area contributed by atoms with Crippen LogP contribution in [0.15, 0.2) is 18.2 Å². The average molecular weight is 262 g/mol. The first-order valence-corrected chi connectivity index (χ1v) is 6.44. The van der Waals surface area contributed by atoms with Crippen molar-refractivity contribution in [2.45, 2.75) is 32.9 Å². The Morgan fingerprint density at radius 3 is 2.42 bits per heavy atom. The molecule has 0 aromatic heterocycles. The molecular weight excluding hydrogens is 240 g/mol. The van der Waals surface area contributed by atoms with E-state index in [-0.39, 0.29) is 0 Å². The van der Waals surface area contributed by atoms with Gasteiger partial charge >= 0.3 is 0 Å². The molecule has 4 nitrogen and oxygen atoms in total. The Balaban J connectivity index is 2.82. The Morgan fingerprint density at radius 2 is 1.89 bits per heavy atom. The van der Waals surface area contributed by atoms with Gasteiger partial charge in [-0.3, -0.25) is 4.90 Å². The molecule has 0 aliphatic heterocycles. The molecule has 0 saturated heterocycles. The number of methoxy groups -OCH3 is 2. The van der Waals surface area contributed by atoms with E-state index in [9.17, 15) is 0 Å². The van der Waals surface area contributed by atoms with Gasteiger partial charge < -0.3 is 9.47 Å². The molecule has 0 aliphatic rings. The summed E-state index contributed by atoms with van der Waals surface area (Å²) >= 11 is 0.